The third-order valence-corrected chi connectivity index (χ3v) is 3.73. The average molecular weight is 370 g/mol. The minimum absolute atomic E-state index is 0.240. The molecule has 1 aromatic heterocycles. The van der Waals surface area contributed by atoms with Crippen LogP contribution in [0.2, 0.25) is 5.02 Å². The SMILES string of the molecule is CC(NC(=O)c1cc(Br)cnc1NN)c1ccccc1Cl. The van der Waals surface area contributed by atoms with Crippen molar-refractivity contribution in [3.63, 3.8) is 0 Å². The molecule has 0 aliphatic heterocycles. The van der Waals surface area contributed by atoms with Gasteiger partial charge in [-0.3, -0.25) is 4.79 Å². The van der Waals surface area contributed by atoms with Gasteiger partial charge in [-0.2, -0.15) is 0 Å². The summed E-state index contributed by atoms with van der Waals surface area (Å²) in [6.07, 6.45) is 1.56. The molecule has 0 fully saturated rings. The van der Waals surface area contributed by atoms with Gasteiger partial charge in [-0.1, -0.05) is 29.8 Å². The lowest BCUT2D eigenvalue weighted by Gasteiger charge is -2.16. The van der Waals surface area contributed by atoms with Gasteiger partial charge in [0, 0.05) is 15.7 Å². The van der Waals surface area contributed by atoms with Crippen molar-refractivity contribution in [1.82, 2.24) is 10.3 Å². The maximum absolute atomic E-state index is 12.4. The molecule has 2 rings (SSSR count). The van der Waals surface area contributed by atoms with Crippen LogP contribution in [0.25, 0.3) is 0 Å². The number of benzene rings is 1. The summed E-state index contributed by atoms with van der Waals surface area (Å²) in [4.78, 5) is 16.4. The monoisotopic (exact) mass is 368 g/mol. The van der Waals surface area contributed by atoms with E-state index in [4.69, 9.17) is 17.4 Å². The van der Waals surface area contributed by atoms with Crippen LogP contribution < -0.4 is 16.6 Å². The topological polar surface area (TPSA) is 80.0 Å². The molecule has 1 unspecified atom stereocenters. The van der Waals surface area contributed by atoms with Crippen molar-refractivity contribution >= 4 is 39.3 Å². The first-order valence-electron chi connectivity index (χ1n) is 6.20. The molecule has 5 nitrogen and oxygen atoms in total. The Morgan fingerprint density at radius 3 is 2.81 bits per heavy atom. The van der Waals surface area contributed by atoms with Gasteiger partial charge in [0.25, 0.3) is 5.91 Å². The molecule has 1 aromatic carbocycles. The summed E-state index contributed by atoms with van der Waals surface area (Å²) in [7, 11) is 0. The Hall–Kier alpha value is -1.63. The van der Waals surface area contributed by atoms with E-state index >= 15 is 0 Å². The molecule has 0 saturated heterocycles. The Morgan fingerprint density at radius 1 is 1.43 bits per heavy atom. The molecule has 0 spiro atoms. The molecule has 0 saturated carbocycles. The number of hydrogen-bond acceptors (Lipinski definition) is 4. The molecule has 2 aromatic rings. The summed E-state index contributed by atoms with van der Waals surface area (Å²) >= 11 is 9.41. The summed E-state index contributed by atoms with van der Waals surface area (Å²) in [6, 6.07) is 8.78. The van der Waals surface area contributed by atoms with Gasteiger partial charge in [0.15, 0.2) is 5.82 Å². The minimum atomic E-state index is -0.288. The summed E-state index contributed by atoms with van der Waals surface area (Å²) in [5.74, 6) is 5.40. The van der Waals surface area contributed by atoms with Crippen LogP contribution >= 0.6 is 27.5 Å². The summed E-state index contributed by atoms with van der Waals surface area (Å²) in [6.45, 7) is 1.86. The first-order chi connectivity index (χ1) is 10.0. The molecular weight excluding hydrogens is 356 g/mol. The second-order valence-electron chi connectivity index (χ2n) is 4.41. The Morgan fingerprint density at radius 2 is 2.14 bits per heavy atom. The van der Waals surface area contributed by atoms with E-state index in [0.717, 1.165) is 5.56 Å². The highest BCUT2D eigenvalue weighted by molar-refractivity contribution is 9.10. The van der Waals surface area contributed by atoms with E-state index in [1.165, 1.54) is 0 Å². The minimum Gasteiger partial charge on any atom is -0.345 e. The van der Waals surface area contributed by atoms with Crippen LogP contribution in [-0.2, 0) is 0 Å². The predicted octanol–water partition coefficient (Wildman–Crippen LogP) is 3.27. The van der Waals surface area contributed by atoms with Gasteiger partial charge in [0.1, 0.15) is 0 Å². The van der Waals surface area contributed by atoms with E-state index in [0.29, 0.717) is 20.9 Å². The third-order valence-electron chi connectivity index (χ3n) is 2.95. The van der Waals surface area contributed by atoms with Crippen LogP contribution in [0.3, 0.4) is 0 Å². The van der Waals surface area contributed by atoms with Crippen LogP contribution in [0.1, 0.15) is 28.9 Å². The lowest BCUT2D eigenvalue weighted by molar-refractivity contribution is 0.0940. The van der Waals surface area contributed by atoms with Crippen molar-refractivity contribution in [2.45, 2.75) is 13.0 Å². The maximum Gasteiger partial charge on any atom is 0.255 e. The van der Waals surface area contributed by atoms with Crippen LogP contribution in [0.5, 0.6) is 0 Å². The maximum atomic E-state index is 12.4. The van der Waals surface area contributed by atoms with Crippen molar-refractivity contribution in [3.05, 3.63) is 57.2 Å². The lowest BCUT2D eigenvalue weighted by Crippen LogP contribution is -2.28. The highest BCUT2D eigenvalue weighted by atomic mass is 79.9. The number of amides is 1. The molecule has 0 radical (unpaired) electrons. The number of anilines is 1. The van der Waals surface area contributed by atoms with Crippen LogP contribution in [-0.4, -0.2) is 10.9 Å². The molecule has 7 heteroatoms. The number of hydrazine groups is 1. The first-order valence-corrected chi connectivity index (χ1v) is 7.37. The molecule has 1 atom stereocenters. The second kappa shape index (κ2) is 6.89. The Bertz CT molecular complexity index is 665. The van der Waals surface area contributed by atoms with E-state index in [-0.39, 0.29) is 11.9 Å². The number of rotatable bonds is 4. The predicted molar refractivity (Wildman–Crippen MR) is 87.1 cm³/mol. The number of aromatic nitrogens is 1. The van der Waals surface area contributed by atoms with Gasteiger partial charge < -0.3 is 10.7 Å². The van der Waals surface area contributed by atoms with Crippen LogP contribution in [0, 0.1) is 0 Å². The number of pyridine rings is 1. The smallest absolute Gasteiger partial charge is 0.255 e. The van der Waals surface area contributed by atoms with Gasteiger partial charge in [0.2, 0.25) is 0 Å². The summed E-state index contributed by atoms with van der Waals surface area (Å²) < 4.78 is 0.692. The molecule has 1 amide bonds. The lowest BCUT2D eigenvalue weighted by atomic mass is 10.1. The van der Waals surface area contributed by atoms with Gasteiger partial charge in [-0.05, 0) is 40.5 Å². The highest BCUT2D eigenvalue weighted by Gasteiger charge is 2.17. The zero-order chi connectivity index (χ0) is 15.4. The molecule has 0 bridgehead atoms. The number of carbonyl (C=O) groups is 1. The van der Waals surface area contributed by atoms with Crippen molar-refractivity contribution < 1.29 is 4.79 Å². The molecule has 0 aliphatic carbocycles. The fraction of sp³-hybridized carbons (Fsp3) is 0.143. The highest BCUT2D eigenvalue weighted by Crippen LogP contribution is 2.23. The van der Waals surface area contributed by atoms with E-state index in [2.05, 4.69) is 31.7 Å². The number of hydrogen-bond donors (Lipinski definition) is 3. The van der Waals surface area contributed by atoms with E-state index < -0.39 is 0 Å². The molecule has 0 aliphatic rings. The number of nitrogens with two attached hydrogens (primary N) is 1. The molecule has 4 N–H and O–H groups in total. The normalized spacial score (nSPS) is 11.8. The standard InChI is InChI=1S/C14H14BrClN4O/c1-8(10-4-2-3-5-12(10)16)19-14(21)11-6-9(15)7-18-13(11)20-17/h2-8H,17H2,1H3,(H,18,20)(H,19,21). The summed E-state index contributed by atoms with van der Waals surface area (Å²) in [5, 5.41) is 3.48. The van der Waals surface area contributed by atoms with Gasteiger partial charge in [0.05, 0.1) is 11.6 Å². The van der Waals surface area contributed by atoms with Crippen LogP contribution in [0.4, 0.5) is 5.82 Å². The fourth-order valence-electron chi connectivity index (χ4n) is 1.91. The Labute approximate surface area is 136 Å². The zero-order valence-corrected chi connectivity index (χ0v) is 13.6. The number of nitrogens with one attached hydrogen (secondary N) is 2. The molecular formula is C14H14BrClN4O. The Kier molecular flexibility index (Phi) is 5.17. The zero-order valence-electron chi connectivity index (χ0n) is 11.2. The van der Waals surface area contributed by atoms with Gasteiger partial charge >= 0.3 is 0 Å². The largest absolute Gasteiger partial charge is 0.345 e. The average Bonchev–Trinajstić information content (AvgIpc) is 2.47. The van der Waals surface area contributed by atoms with Crippen molar-refractivity contribution in [2.24, 2.45) is 5.84 Å². The van der Waals surface area contributed by atoms with Crippen molar-refractivity contribution in [3.8, 4) is 0 Å². The second-order valence-corrected chi connectivity index (χ2v) is 5.73. The Balaban J connectivity index is 2.22. The molecule has 21 heavy (non-hydrogen) atoms. The quantitative estimate of drug-likeness (QED) is 0.571. The molecule has 1 heterocycles. The van der Waals surface area contributed by atoms with Gasteiger partial charge in [-0.15, -0.1) is 0 Å². The van der Waals surface area contributed by atoms with Crippen molar-refractivity contribution in [1.29, 1.82) is 0 Å². The van der Waals surface area contributed by atoms with Crippen molar-refractivity contribution in [2.75, 3.05) is 5.43 Å². The fourth-order valence-corrected chi connectivity index (χ4v) is 2.54. The van der Waals surface area contributed by atoms with E-state index in [1.807, 2.05) is 25.1 Å². The summed E-state index contributed by atoms with van der Waals surface area (Å²) in [5.41, 5.74) is 3.61. The molecule has 110 valence electrons. The number of nitrogens with zero attached hydrogens (tertiary/aromatic N) is 1. The number of nitrogen functional groups attached to an aromatic ring is 1. The van der Waals surface area contributed by atoms with E-state index in [9.17, 15) is 4.79 Å². The number of carbonyl (C=O) groups excluding carboxylic acids is 1. The van der Waals surface area contributed by atoms with E-state index in [1.54, 1.807) is 18.3 Å². The third kappa shape index (κ3) is 3.72. The van der Waals surface area contributed by atoms with Gasteiger partial charge in [-0.25, -0.2) is 10.8 Å². The number of halogens is 2. The first kappa shape index (κ1) is 15.8. The van der Waals surface area contributed by atoms with Crippen LogP contribution in [0.15, 0.2) is 41.0 Å².